The standard InChI is InChI=1S/C60H40N2O3/c1-3-13-39(14-4-1)43-29-35-53-57(37-43)63-55-23-9-7-21-51(55)61(53)45-31-25-41(26-32-45)47-17-11-19-49-50-20-12-18-48(60(50)65-59(47)49)42-27-33-46(34-28-42)62-52-22-8-10-24-56(52)64-58-38-44(30-36-54(58)62)40-15-5-2-6-16-40/h1-27,29-33,35-38H,28,34H2. The number of para-hydroxylation sites is 6. The summed E-state index contributed by atoms with van der Waals surface area (Å²) in [5.41, 5.74) is 17.3. The van der Waals surface area contributed by atoms with Crippen molar-refractivity contribution in [1.29, 1.82) is 0 Å². The fourth-order valence-electron chi connectivity index (χ4n) is 9.85. The minimum Gasteiger partial charge on any atom is -0.455 e. The molecule has 0 saturated heterocycles. The summed E-state index contributed by atoms with van der Waals surface area (Å²) in [4.78, 5) is 4.66. The van der Waals surface area contributed by atoms with Crippen LogP contribution in [0.25, 0.3) is 60.9 Å². The SMILES string of the molecule is C1=C(c2cccc3c2oc2c(-c4ccc(N5c6ccccc6Oc6cc(-c7ccccc7)ccc65)cc4)cccc23)CCC(N2c3ccccc3Oc3cc(-c4ccccc4)ccc32)=C1. The zero-order chi connectivity index (χ0) is 42.8. The molecule has 9 aromatic carbocycles. The monoisotopic (exact) mass is 836 g/mol. The maximum Gasteiger partial charge on any atom is 0.152 e. The Labute approximate surface area is 377 Å². The molecule has 1 aliphatic carbocycles. The summed E-state index contributed by atoms with van der Waals surface area (Å²) in [6.07, 6.45) is 6.29. The molecule has 0 atom stereocenters. The fraction of sp³-hybridized carbons (Fsp3) is 0.0333. The number of hydrogen-bond acceptors (Lipinski definition) is 5. The largest absolute Gasteiger partial charge is 0.455 e. The van der Waals surface area contributed by atoms with E-state index in [1.54, 1.807) is 0 Å². The molecule has 0 unspecified atom stereocenters. The van der Waals surface area contributed by atoms with Gasteiger partial charge in [0.25, 0.3) is 0 Å². The van der Waals surface area contributed by atoms with Crippen molar-refractivity contribution < 1.29 is 13.9 Å². The Morgan fingerprint density at radius 2 is 0.846 bits per heavy atom. The number of anilines is 5. The molecule has 5 heteroatoms. The van der Waals surface area contributed by atoms with Gasteiger partial charge in [-0.25, -0.2) is 0 Å². The third-order valence-electron chi connectivity index (χ3n) is 13.0. The Morgan fingerprint density at radius 1 is 0.338 bits per heavy atom. The fourth-order valence-corrected chi connectivity index (χ4v) is 9.85. The van der Waals surface area contributed by atoms with Crippen molar-refractivity contribution >= 4 is 55.9 Å². The van der Waals surface area contributed by atoms with E-state index < -0.39 is 0 Å². The van der Waals surface area contributed by atoms with E-state index in [0.717, 1.165) is 120 Å². The van der Waals surface area contributed by atoms with E-state index >= 15 is 0 Å². The maximum absolute atomic E-state index is 6.98. The molecule has 3 aliphatic rings. The van der Waals surface area contributed by atoms with Crippen molar-refractivity contribution in [3.63, 3.8) is 0 Å². The zero-order valence-electron chi connectivity index (χ0n) is 35.3. The molecule has 308 valence electrons. The lowest BCUT2D eigenvalue weighted by Crippen LogP contribution is -2.21. The Bertz CT molecular complexity index is 3550. The van der Waals surface area contributed by atoms with E-state index in [1.807, 2.05) is 30.3 Å². The van der Waals surface area contributed by atoms with Crippen LogP contribution in [0.3, 0.4) is 0 Å². The molecule has 0 bridgehead atoms. The van der Waals surface area contributed by atoms with Crippen molar-refractivity contribution in [2.45, 2.75) is 12.8 Å². The normalized spacial score (nSPS) is 13.8. The molecular weight excluding hydrogens is 797 g/mol. The summed E-state index contributed by atoms with van der Waals surface area (Å²) in [7, 11) is 0. The van der Waals surface area contributed by atoms with Crippen LogP contribution < -0.4 is 19.3 Å². The van der Waals surface area contributed by atoms with Gasteiger partial charge >= 0.3 is 0 Å². The average Bonchev–Trinajstić information content (AvgIpc) is 3.77. The van der Waals surface area contributed by atoms with Gasteiger partial charge in [-0.15, -0.1) is 0 Å². The molecule has 65 heavy (non-hydrogen) atoms. The Balaban J connectivity index is 0.839. The lowest BCUT2D eigenvalue weighted by Gasteiger charge is -2.35. The molecule has 5 nitrogen and oxygen atoms in total. The van der Waals surface area contributed by atoms with Crippen LogP contribution >= 0.6 is 0 Å². The molecule has 1 aromatic heterocycles. The lowest BCUT2D eigenvalue weighted by molar-refractivity contribution is 0.475. The smallest absolute Gasteiger partial charge is 0.152 e. The highest BCUT2D eigenvalue weighted by atomic mass is 16.5. The number of ether oxygens (including phenoxy) is 2. The molecule has 3 heterocycles. The van der Waals surface area contributed by atoms with Crippen molar-refractivity contribution in [2.75, 3.05) is 9.80 Å². The Kier molecular flexibility index (Phi) is 8.59. The van der Waals surface area contributed by atoms with Crippen LogP contribution in [0.2, 0.25) is 0 Å². The van der Waals surface area contributed by atoms with Crippen molar-refractivity contribution in [3.8, 4) is 56.4 Å². The van der Waals surface area contributed by atoms with Crippen LogP contribution in [0, 0.1) is 0 Å². The molecule has 0 amide bonds. The first-order valence-electron chi connectivity index (χ1n) is 22.2. The zero-order valence-corrected chi connectivity index (χ0v) is 35.3. The summed E-state index contributed by atoms with van der Waals surface area (Å²) in [5, 5.41) is 2.23. The van der Waals surface area contributed by atoms with Gasteiger partial charge in [-0.3, -0.25) is 0 Å². The van der Waals surface area contributed by atoms with Crippen LogP contribution in [0.1, 0.15) is 18.4 Å². The first-order valence-corrected chi connectivity index (χ1v) is 22.2. The van der Waals surface area contributed by atoms with E-state index in [9.17, 15) is 0 Å². The van der Waals surface area contributed by atoms with E-state index in [1.165, 1.54) is 16.8 Å². The maximum atomic E-state index is 6.98. The van der Waals surface area contributed by atoms with E-state index in [4.69, 9.17) is 13.9 Å². The van der Waals surface area contributed by atoms with Gasteiger partial charge < -0.3 is 23.7 Å². The van der Waals surface area contributed by atoms with Crippen LogP contribution in [0.4, 0.5) is 28.4 Å². The minimum atomic E-state index is 0.825. The van der Waals surface area contributed by atoms with Crippen LogP contribution in [-0.2, 0) is 0 Å². The summed E-state index contributed by atoms with van der Waals surface area (Å²) < 4.78 is 20.0. The first-order chi connectivity index (χ1) is 32.2. The number of nitrogens with zero attached hydrogens (tertiary/aromatic N) is 2. The van der Waals surface area contributed by atoms with Crippen molar-refractivity contribution in [1.82, 2.24) is 0 Å². The molecule has 0 fully saturated rings. The van der Waals surface area contributed by atoms with Gasteiger partial charge in [-0.1, -0.05) is 152 Å². The summed E-state index contributed by atoms with van der Waals surface area (Å²) >= 11 is 0. The number of fused-ring (bicyclic) bond motifs is 7. The van der Waals surface area contributed by atoms with Crippen LogP contribution in [-0.4, -0.2) is 0 Å². The summed E-state index contributed by atoms with van der Waals surface area (Å²) in [6.45, 7) is 0. The molecule has 0 saturated carbocycles. The topological polar surface area (TPSA) is 38.1 Å². The number of allylic oxidation sites excluding steroid dienone is 4. The number of benzene rings is 9. The first kappa shape index (κ1) is 37.1. The highest BCUT2D eigenvalue weighted by Gasteiger charge is 2.30. The van der Waals surface area contributed by atoms with E-state index in [2.05, 4.69) is 198 Å². The van der Waals surface area contributed by atoms with Gasteiger partial charge in [-0.05, 0) is 113 Å². The van der Waals surface area contributed by atoms with Gasteiger partial charge in [0.05, 0.1) is 22.7 Å². The molecule has 13 rings (SSSR count). The second-order valence-corrected chi connectivity index (χ2v) is 16.8. The van der Waals surface area contributed by atoms with Gasteiger partial charge in [0.2, 0.25) is 0 Å². The van der Waals surface area contributed by atoms with Gasteiger partial charge in [0.1, 0.15) is 11.2 Å². The number of rotatable bonds is 6. The summed E-state index contributed by atoms with van der Waals surface area (Å²) in [6, 6.07) is 72.3. The minimum absolute atomic E-state index is 0.825. The highest BCUT2D eigenvalue weighted by Crippen LogP contribution is 2.53. The Hall–Kier alpha value is -8.54. The second kappa shape index (κ2) is 15.1. The highest BCUT2D eigenvalue weighted by molar-refractivity contribution is 6.12. The molecule has 0 spiro atoms. The van der Waals surface area contributed by atoms with Gasteiger partial charge in [0, 0.05) is 33.3 Å². The van der Waals surface area contributed by atoms with E-state index in [0.29, 0.717) is 0 Å². The second-order valence-electron chi connectivity index (χ2n) is 16.8. The third kappa shape index (κ3) is 6.23. The summed E-state index contributed by atoms with van der Waals surface area (Å²) in [5.74, 6) is 3.36. The average molecular weight is 837 g/mol. The molecular formula is C60H40N2O3. The molecule has 0 N–H and O–H groups in total. The van der Waals surface area contributed by atoms with Crippen molar-refractivity contribution in [2.24, 2.45) is 0 Å². The number of furan rings is 1. The predicted molar refractivity (Wildman–Crippen MR) is 265 cm³/mol. The van der Waals surface area contributed by atoms with E-state index in [-0.39, 0.29) is 0 Å². The van der Waals surface area contributed by atoms with Crippen LogP contribution in [0.15, 0.2) is 229 Å². The third-order valence-corrected chi connectivity index (χ3v) is 13.0. The molecule has 0 radical (unpaired) electrons. The Morgan fingerprint density at radius 3 is 1.45 bits per heavy atom. The molecule has 2 aliphatic heterocycles. The quantitative estimate of drug-likeness (QED) is 0.167. The number of hydrogen-bond donors (Lipinski definition) is 0. The van der Waals surface area contributed by atoms with Crippen LogP contribution in [0.5, 0.6) is 23.0 Å². The van der Waals surface area contributed by atoms with Gasteiger partial charge in [-0.2, -0.15) is 0 Å². The molecule has 10 aromatic rings. The predicted octanol–water partition coefficient (Wildman–Crippen LogP) is 17.2. The van der Waals surface area contributed by atoms with Crippen molar-refractivity contribution in [3.05, 3.63) is 230 Å². The van der Waals surface area contributed by atoms with Gasteiger partial charge in [0.15, 0.2) is 23.0 Å². The lowest BCUT2D eigenvalue weighted by atomic mass is 9.93.